The number of carboxylic acids is 2. The van der Waals surface area contributed by atoms with Gasteiger partial charge in [-0.05, 0) is 88.8 Å². The number of nitrogens with one attached hydrogen (secondary N) is 6. The van der Waals surface area contributed by atoms with Crippen molar-refractivity contribution in [2.24, 2.45) is 35.3 Å². The molecule has 28 heteroatoms. The lowest BCUT2D eigenvalue weighted by Crippen LogP contribution is -2.60. The van der Waals surface area contributed by atoms with E-state index in [4.69, 9.17) is 15.2 Å². The molecular formula is C62H114IN10O15PS. The normalized spacial score (nSPS) is 19.2. The van der Waals surface area contributed by atoms with Crippen molar-refractivity contribution in [2.45, 2.75) is 247 Å². The molecule has 0 aromatic rings. The van der Waals surface area contributed by atoms with Gasteiger partial charge < -0.3 is 72.2 Å². The van der Waals surface area contributed by atoms with Gasteiger partial charge >= 0.3 is 11.9 Å². The molecule has 0 aromatic carbocycles. The number of likely N-dealkylation sites (N-methyl/N-ethyl adjacent to an activating group) is 2. The Bertz CT molecular complexity index is 2320. The molecule has 18 atom stereocenters. The van der Waals surface area contributed by atoms with Crippen molar-refractivity contribution in [3.05, 3.63) is 0 Å². The summed E-state index contributed by atoms with van der Waals surface area (Å²) in [6, 6.07) is -7.87. The minimum atomic E-state index is -1.66. The summed E-state index contributed by atoms with van der Waals surface area (Å²) in [6.45, 7) is 24.8. The van der Waals surface area contributed by atoms with Crippen LogP contribution in [-0.4, -0.2) is 224 Å². The number of likely N-dealkylation sites (tertiary alicyclic amines) is 1. The van der Waals surface area contributed by atoms with E-state index in [-0.39, 0.29) is 60.6 Å². The second kappa shape index (κ2) is 41.7. The summed E-state index contributed by atoms with van der Waals surface area (Å²) >= 11 is 3.43. The summed E-state index contributed by atoms with van der Waals surface area (Å²) in [4.78, 5) is 141. The van der Waals surface area contributed by atoms with E-state index in [0.717, 1.165) is 32.2 Å². The molecule has 0 aromatic heterocycles. The number of halogens is 1. The first-order chi connectivity index (χ1) is 42.1. The second-order valence-electron chi connectivity index (χ2n) is 25.0. The van der Waals surface area contributed by atoms with Crippen molar-refractivity contribution in [3.63, 3.8) is 0 Å². The van der Waals surface area contributed by atoms with Crippen molar-refractivity contribution in [3.8, 4) is 0 Å². The number of methoxy groups -OCH3 is 2. The number of amides is 8. The van der Waals surface area contributed by atoms with Crippen LogP contribution in [0, 0.1) is 29.6 Å². The number of carbonyl (C=O) groups is 10. The number of carboxylic acid groups (broad SMARTS) is 2. The maximum absolute atomic E-state index is 14.7. The molecule has 1 rings (SSSR count). The minimum Gasteiger partial charge on any atom is -0.481 e. The number of rotatable bonds is 44. The van der Waals surface area contributed by atoms with Gasteiger partial charge in [-0.25, -0.2) is 0 Å². The lowest BCUT2D eigenvalue weighted by molar-refractivity contribution is -0.148. The summed E-state index contributed by atoms with van der Waals surface area (Å²) < 4.78 is 11.5. The van der Waals surface area contributed by atoms with Gasteiger partial charge in [0.2, 0.25) is 47.3 Å². The van der Waals surface area contributed by atoms with Gasteiger partial charge in [0.15, 0.2) is 0 Å². The van der Waals surface area contributed by atoms with Crippen molar-refractivity contribution in [2.75, 3.05) is 54.5 Å². The molecule has 0 radical (unpaired) electrons. The number of nitrogens with zero attached hydrogens (tertiary/aromatic N) is 3. The number of aliphatic hydroxyl groups is 1. The van der Waals surface area contributed by atoms with Crippen molar-refractivity contribution >= 4 is 103 Å². The zero-order valence-electron chi connectivity index (χ0n) is 56.7. The number of alkyl halides is 1. The summed E-state index contributed by atoms with van der Waals surface area (Å²) in [5, 5.41) is 45.0. The van der Waals surface area contributed by atoms with Crippen LogP contribution >= 0.6 is 43.6 Å². The maximum atomic E-state index is 14.7. The fraction of sp³-hybridized carbons (Fsp3) is 0.839. The Morgan fingerprint density at radius 2 is 1.34 bits per heavy atom. The Morgan fingerprint density at radius 1 is 0.733 bits per heavy atom. The van der Waals surface area contributed by atoms with E-state index in [0.29, 0.717) is 38.1 Å². The van der Waals surface area contributed by atoms with Gasteiger partial charge in [0, 0.05) is 59.9 Å². The van der Waals surface area contributed by atoms with Gasteiger partial charge in [0.1, 0.15) is 24.2 Å². The van der Waals surface area contributed by atoms with Crippen LogP contribution in [0.25, 0.3) is 0 Å². The Kier molecular flexibility index (Phi) is 38.9. The zero-order valence-corrected chi connectivity index (χ0v) is 60.9. The van der Waals surface area contributed by atoms with Crippen LogP contribution in [0.4, 0.5) is 0 Å². The number of carbonyl (C=O) groups excluding carboxylic acids is 8. The highest BCUT2D eigenvalue weighted by Crippen LogP contribution is 2.47. The highest BCUT2D eigenvalue weighted by Gasteiger charge is 2.45. The summed E-state index contributed by atoms with van der Waals surface area (Å²) in [5.74, 6) is -8.43. The van der Waals surface area contributed by atoms with Crippen LogP contribution in [0.15, 0.2) is 0 Å². The molecule has 8 amide bonds. The number of hydrogen-bond donors (Lipinski definition) is 10. The average Bonchev–Trinajstić information content (AvgIpc) is 1.45. The number of ether oxygens (including phenoxy) is 2. The summed E-state index contributed by atoms with van der Waals surface area (Å²) in [6.07, 6.45) is 1.23. The van der Waals surface area contributed by atoms with Gasteiger partial charge in [0.25, 0.3) is 0 Å². The van der Waals surface area contributed by atoms with Gasteiger partial charge in [-0.3, -0.25) is 52.8 Å². The Morgan fingerprint density at radius 3 is 1.83 bits per heavy atom. The Balaban J connectivity index is 3.32. The molecule has 0 saturated carbocycles. The molecule has 1 heterocycles. The van der Waals surface area contributed by atoms with Crippen molar-refractivity contribution in [1.82, 2.24) is 46.6 Å². The zero-order chi connectivity index (χ0) is 69.1. The van der Waals surface area contributed by atoms with E-state index in [9.17, 15) is 63.3 Å². The third-order valence-corrected chi connectivity index (χ3v) is 23.3. The van der Waals surface area contributed by atoms with Crippen LogP contribution in [0.3, 0.4) is 0 Å². The molecular weight excluding hydrogens is 1310 g/mol. The van der Waals surface area contributed by atoms with Crippen molar-refractivity contribution < 1.29 is 72.7 Å². The number of nitrogens with two attached hydrogens (primary N) is 1. The van der Waals surface area contributed by atoms with Crippen LogP contribution in [0.5, 0.6) is 0 Å². The molecule has 25 nitrogen and oxygen atoms in total. The monoisotopic (exact) mass is 1430 g/mol. The van der Waals surface area contributed by atoms with Crippen LogP contribution in [-0.2, 0) is 57.4 Å². The second-order valence-corrected chi connectivity index (χ2v) is 30.0. The largest absolute Gasteiger partial charge is 0.481 e. The smallest absolute Gasteiger partial charge is 0.305 e. The van der Waals surface area contributed by atoms with E-state index in [2.05, 4.69) is 82.5 Å². The van der Waals surface area contributed by atoms with E-state index in [1.165, 1.54) is 39.8 Å². The molecule has 1 aliphatic heterocycles. The number of aliphatic carboxylic acids is 2. The number of thioether (sulfide) groups is 1. The highest BCUT2D eigenvalue weighted by atomic mass is 127. The molecule has 0 bridgehead atoms. The topological polar surface area (TPSA) is 358 Å². The molecule has 7 unspecified atom stereocenters. The van der Waals surface area contributed by atoms with Crippen molar-refractivity contribution in [1.29, 1.82) is 0 Å². The first-order valence-corrected chi connectivity index (χ1v) is 34.8. The molecule has 520 valence electrons. The Hall–Kier alpha value is -3.99. The van der Waals surface area contributed by atoms with Gasteiger partial charge in [-0.2, -0.15) is 0 Å². The lowest BCUT2D eigenvalue weighted by Gasteiger charge is -2.41. The molecule has 0 aliphatic carbocycles. The first-order valence-electron chi connectivity index (χ1n) is 32.2. The quantitative estimate of drug-likeness (QED) is 0.0235. The fourth-order valence-electron chi connectivity index (χ4n) is 11.7. The summed E-state index contributed by atoms with van der Waals surface area (Å²) in [5.41, 5.74) is 5.94. The standard InChI is InChI=1S/C62H114IN10O15PS/c1-18-24-40(20-3)33-71(14)52(35(8)9)60(85)69-50(34(6)7)61(86)72(15)53(36(10)19-2)44(87-16)29-47(75)73-28-23-25-43(73)54(88-17)38(12)55(80)70-51(39(13)74)59(84)67-41(26-27-48(76)77)57(82)66-37(11)32-65-56(81)42(31-64)68-58(83)45(30-49(78)79)90-62(63,22-5)46(89)21-4/h34-46,50-54,74H,18-33,64,89H2,1-17H3,(H,65,81)(H,66,82)(H,67,84)(H,68,83)(H,69,85)(H,70,80)(H,76,77)(H,78,79)/t36-,37+,38+,39?,40?,41-,42-,43-,44+,45?,46?,50-,51-,52-,53-,54?,62?/m0/s1. The average molecular weight is 1430 g/mol. The fourth-order valence-corrected chi connectivity index (χ4v) is 14.9. The molecule has 90 heavy (non-hydrogen) atoms. The third-order valence-electron chi connectivity index (χ3n) is 17.3. The third kappa shape index (κ3) is 26.1. The van der Waals surface area contributed by atoms with E-state index in [1.54, 1.807) is 23.8 Å². The predicted octanol–water partition coefficient (Wildman–Crippen LogP) is 3.88. The first kappa shape index (κ1) is 84.0. The van der Waals surface area contributed by atoms with Crippen LogP contribution in [0.1, 0.15) is 167 Å². The lowest BCUT2D eigenvalue weighted by atomic mass is 9.89. The summed E-state index contributed by atoms with van der Waals surface area (Å²) in [7, 11) is 9.27. The van der Waals surface area contributed by atoms with Crippen LogP contribution in [0.2, 0.25) is 0 Å². The highest BCUT2D eigenvalue weighted by molar-refractivity contribution is 14.1. The minimum absolute atomic E-state index is 0.0319. The molecule has 1 fully saturated rings. The Labute approximate surface area is 556 Å². The molecule has 1 saturated heterocycles. The van der Waals surface area contributed by atoms with Gasteiger partial charge in [-0.15, -0.1) is 21.0 Å². The van der Waals surface area contributed by atoms with Crippen LogP contribution < -0.4 is 37.6 Å². The molecule has 1 aliphatic rings. The SMILES string of the molecule is CCCC(CC)CN(C)[C@H](C(=O)N[C@H](C(=O)N(C)[C@@H]([C@@H](C)CC)[C@@H](CC(=O)N1CCC[C@H]1C(OC)[C@@H](C)C(=O)N[C@H](C(=O)N[C@@H](CCC(=O)O)C(=O)N[C@H](C)CNC(=O)[C@H](CN)NC(=O)C(CC(=O)O)SC(I)(CC)C(P)CC)C(C)O)OC)C(C)C)C(C)C. The van der Waals surface area contributed by atoms with Gasteiger partial charge in [0.05, 0.1) is 63.2 Å². The van der Waals surface area contributed by atoms with E-state index in [1.807, 2.05) is 62.4 Å². The number of aliphatic hydroxyl groups excluding tert-OH is 1. The number of hydrogen-bond acceptors (Lipinski definition) is 16. The predicted molar refractivity (Wildman–Crippen MR) is 361 cm³/mol. The maximum Gasteiger partial charge on any atom is 0.305 e. The van der Waals surface area contributed by atoms with Gasteiger partial charge in [-0.1, -0.05) is 118 Å². The van der Waals surface area contributed by atoms with E-state index >= 15 is 0 Å². The molecule has 11 N–H and O–H groups in total. The van der Waals surface area contributed by atoms with E-state index < -0.39 is 141 Å². The molecule has 0 spiro atoms.